The minimum atomic E-state index is -0.786. The van der Waals surface area contributed by atoms with E-state index >= 15 is 0 Å². The predicted molar refractivity (Wildman–Crippen MR) is 81.9 cm³/mol. The monoisotopic (exact) mass is 290 g/mol. The van der Waals surface area contributed by atoms with Crippen molar-refractivity contribution in [3.63, 3.8) is 0 Å². The highest BCUT2D eigenvalue weighted by Crippen LogP contribution is 2.30. The molecule has 1 N–H and O–H groups in total. The van der Waals surface area contributed by atoms with E-state index in [4.69, 9.17) is 5.11 Å². The number of thiazole rings is 1. The molecule has 20 heavy (non-hydrogen) atoms. The minimum absolute atomic E-state index is 0.125. The van der Waals surface area contributed by atoms with Crippen molar-refractivity contribution in [3.05, 3.63) is 40.9 Å². The molecule has 0 aliphatic rings. The number of carboxylic acid groups (broad SMARTS) is 1. The minimum Gasteiger partial charge on any atom is -0.481 e. The third kappa shape index (κ3) is 3.36. The van der Waals surface area contributed by atoms with Crippen molar-refractivity contribution in [3.8, 4) is 0 Å². The zero-order valence-corrected chi connectivity index (χ0v) is 12.5. The van der Waals surface area contributed by atoms with Crippen molar-refractivity contribution in [2.45, 2.75) is 26.7 Å². The van der Waals surface area contributed by atoms with Crippen LogP contribution in [0, 0.1) is 6.92 Å². The summed E-state index contributed by atoms with van der Waals surface area (Å²) in [6, 6.07) is 8.20. The van der Waals surface area contributed by atoms with Gasteiger partial charge in [0.1, 0.15) is 0 Å². The van der Waals surface area contributed by atoms with Crippen LogP contribution in [-0.2, 0) is 11.2 Å². The number of rotatable bonds is 6. The molecule has 1 aromatic carbocycles. The number of benzene rings is 1. The Bertz CT molecular complexity index is 595. The van der Waals surface area contributed by atoms with E-state index in [0.717, 1.165) is 23.1 Å². The lowest BCUT2D eigenvalue weighted by Gasteiger charge is -2.21. The summed E-state index contributed by atoms with van der Waals surface area (Å²) >= 11 is 1.56. The second-order valence-electron chi connectivity index (χ2n) is 4.55. The van der Waals surface area contributed by atoms with E-state index < -0.39 is 5.97 Å². The molecule has 0 aliphatic carbocycles. The molecule has 106 valence electrons. The van der Waals surface area contributed by atoms with Crippen molar-refractivity contribution in [2.75, 3.05) is 11.4 Å². The fourth-order valence-corrected chi connectivity index (χ4v) is 2.98. The van der Waals surface area contributed by atoms with Gasteiger partial charge in [0, 0.05) is 24.0 Å². The van der Waals surface area contributed by atoms with E-state index in [9.17, 15) is 4.79 Å². The number of aromatic nitrogens is 1. The first kappa shape index (κ1) is 14.5. The van der Waals surface area contributed by atoms with Crippen LogP contribution >= 0.6 is 11.3 Å². The molecule has 0 fully saturated rings. The number of carboxylic acids is 1. The molecule has 0 saturated heterocycles. The average Bonchev–Trinajstić information content (AvgIpc) is 2.88. The smallest absolute Gasteiger partial charge is 0.303 e. The van der Waals surface area contributed by atoms with E-state index in [1.807, 2.05) is 17.5 Å². The van der Waals surface area contributed by atoms with E-state index in [1.54, 1.807) is 11.3 Å². The lowest BCUT2D eigenvalue weighted by molar-refractivity contribution is -0.136. The van der Waals surface area contributed by atoms with Crippen molar-refractivity contribution < 1.29 is 9.90 Å². The first-order valence-electron chi connectivity index (χ1n) is 6.61. The van der Waals surface area contributed by atoms with Gasteiger partial charge in [0.25, 0.3) is 0 Å². The van der Waals surface area contributed by atoms with Gasteiger partial charge in [-0.25, -0.2) is 4.98 Å². The number of hydrogen-bond acceptors (Lipinski definition) is 4. The third-order valence-corrected chi connectivity index (χ3v) is 4.00. The Balaban J connectivity index is 2.20. The number of para-hydroxylation sites is 1. The Hall–Kier alpha value is -1.88. The van der Waals surface area contributed by atoms with Crippen molar-refractivity contribution >= 4 is 28.1 Å². The fourth-order valence-electron chi connectivity index (χ4n) is 2.05. The number of nitrogens with zero attached hydrogens (tertiary/aromatic N) is 2. The van der Waals surface area contributed by atoms with Crippen LogP contribution < -0.4 is 4.90 Å². The fraction of sp³-hybridized carbons (Fsp3) is 0.333. The van der Waals surface area contributed by atoms with Crippen molar-refractivity contribution in [1.29, 1.82) is 0 Å². The van der Waals surface area contributed by atoms with E-state index in [1.165, 1.54) is 5.56 Å². The summed E-state index contributed by atoms with van der Waals surface area (Å²) in [7, 11) is 0. The van der Waals surface area contributed by atoms with Gasteiger partial charge in [0.15, 0.2) is 5.13 Å². The maximum absolute atomic E-state index is 10.6. The van der Waals surface area contributed by atoms with Gasteiger partial charge in [-0.3, -0.25) is 4.79 Å². The van der Waals surface area contributed by atoms with Crippen molar-refractivity contribution in [2.24, 2.45) is 0 Å². The van der Waals surface area contributed by atoms with Gasteiger partial charge >= 0.3 is 5.97 Å². The Morgan fingerprint density at radius 2 is 2.15 bits per heavy atom. The molecule has 2 rings (SSSR count). The van der Waals surface area contributed by atoms with Crippen LogP contribution in [0.3, 0.4) is 0 Å². The second-order valence-corrected chi connectivity index (χ2v) is 5.38. The summed E-state index contributed by atoms with van der Waals surface area (Å²) in [5.41, 5.74) is 3.20. The number of aryl methyl sites for hydroxylation is 2. The van der Waals surface area contributed by atoms with Crippen LogP contribution in [0.25, 0.3) is 0 Å². The number of carbonyl (C=O) groups is 1. The van der Waals surface area contributed by atoms with Crippen LogP contribution in [0.2, 0.25) is 0 Å². The van der Waals surface area contributed by atoms with Crippen LogP contribution in [0.4, 0.5) is 10.8 Å². The van der Waals surface area contributed by atoms with Gasteiger partial charge in [-0.15, -0.1) is 11.3 Å². The second kappa shape index (κ2) is 6.52. The molecule has 0 amide bonds. The SMILES string of the molecule is CCN(c1nc(CCC(=O)O)cs1)c1ccccc1C. The first-order chi connectivity index (χ1) is 9.61. The third-order valence-electron chi connectivity index (χ3n) is 3.09. The van der Waals surface area contributed by atoms with Crippen molar-refractivity contribution in [1.82, 2.24) is 4.98 Å². The molecule has 1 heterocycles. The molecule has 0 bridgehead atoms. The van der Waals surface area contributed by atoms with Crippen LogP contribution in [0.5, 0.6) is 0 Å². The molecular weight excluding hydrogens is 272 g/mol. The molecule has 0 spiro atoms. The zero-order chi connectivity index (χ0) is 14.5. The number of hydrogen-bond donors (Lipinski definition) is 1. The van der Waals surface area contributed by atoms with E-state index in [2.05, 4.69) is 35.9 Å². The molecule has 0 atom stereocenters. The first-order valence-corrected chi connectivity index (χ1v) is 7.49. The highest BCUT2D eigenvalue weighted by molar-refractivity contribution is 7.13. The predicted octanol–water partition coefficient (Wildman–Crippen LogP) is 3.63. The van der Waals surface area contributed by atoms with Gasteiger partial charge in [-0.1, -0.05) is 18.2 Å². The van der Waals surface area contributed by atoms with Gasteiger partial charge in [0.2, 0.25) is 0 Å². The lowest BCUT2D eigenvalue weighted by atomic mass is 10.2. The molecule has 0 saturated carbocycles. The Labute approximate surface area is 122 Å². The van der Waals surface area contributed by atoms with Gasteiger partial charge < -0.3 is 10.0 Å². The number of anilines is 2. The summed E-state index contributed by atoms with van der Waals surface area (Å²) in [5.74, 6) is -0.786. The maximum atomic E-state index is 10.6. The van der Waals surface area contributed by atoms with Gasteiger partial charge in [-0.2, -0.15) is 0 Å². The molecule has 0 radical (unpaired) electrons. The highest BCUT2D eigenvalue weighted by Gasteiger charge is 2.13. The average molecular weight is 290 g/mol. The number of aliphatic carboxylic acids is 1. The Kier molecular flexibility index (Phi) is 4.74. The molecule has 2 aromatic rings. The molecule has 5 heteroatoms. The standard InChI is InChI=1S/C15H18N2O2S/c1-3-17(13-7-5-4-6-11(13)2)15-16-12(10-20-15)8-9-14(18)19/h4-7,10H,3,8-9H2,1-2H3,(H,18,19). The molecule has 4 nitrogen and oxygen atoms in total. The van der Waals surface area contributed by atoms with E-state index in [0.29, 0.717) is 6.42 Å². The molecular formula is C15H18N2O2S. The van der Waals surface area contributed by atoms with E-state index in [-0.39, 0.29) is 6.42 Å². The van der Waals surface area contributed by atoms with Crippen LogP contribution in [-0.4, -0.2) is 22.6 Å². The quantitative estimate of drug-likeness (QED) is 0.882. The Morgan fingerprint density at radius 1 is 1.40 bits per heavy atom. The topological polar surface area (TPSA) is 53.4 Å². The summed E-state index contributed by atoms with van der Waals surface area (Å²) in [5, 5.41) is 11.6. The van der Waals surface area contributed by atoms with Crippen LogP contribution in [0.15, 0.2) is 29.6 Å². The molecule has 1 aromatic heterocycles. The van der Waals surface area contributed by atoms with Gasteiger partial charge in [0.05, 0.1) is 12.1 Å². The highest BCUT2D eigenvalue weighted by atomic mass is 32.1. The summed E-state index contributed by atoms with van der Waals surface area (Å²) in [6.45, 7) is 5.00. The normalized spacial score (nSPS) is 10.5. The molecule has 0 aliphatic heterocycles. The zero-order valence-electron chi connectivity index (χ0n) is 11.7. The lowest BCUT2D eigenvalue weighted by Crippen LogP contribution is -2.16. The largest absolute Gasteiger partial charge is 0.481 e. The molecule has 0 unspecified atom stereocenters. The van der Waals surface area contributed by atoms with Crippen LogP contribution in [0.1, 0.15) is 24.6 Å². The Morgan fingerprint density at radius 3 is 2.80 bits per heavy atom. The van der Waals surface area contributed by atoms with Gasteiger partial charge in [-0.05, 0) is 25.5 Å². The maximum Gasteiger partial charge on any atom is 0.303 e. The summed E-state index contributed by atoms with van der Waals surface area (Å²) in [6.07, 6.45) is 0.608. The summed E-state index contributed by atoms with van der Waals surface area (Å²) < 4.78 is 0. The summed E-state index contributed by atoms with van der Waals surface area (Å²) in [4.78, 5) is 17.3.